The third-order valence-electron chi connectivity index (χ3n) is 5.77. The molecule has 3 fully saturated rings. The molecule has 2 aliphatic carbocycles. The van der Waals surface area contributed by atoms with E-state index in [9.17, 15) is 0 Å². The summed E-state index contributed by atoms with van der Waals surface area (Å²) in [5.41, 5.74) is 0.963. The minimum atomic E-state index is 0.933. The Bertz CT molecular complexity index is 616. The van der Waals surface area contributed by atoms with E-state index in [1.165, 1.54) is 37.7 Å². The summed E-state index contributed by atoms with van der Waals surface area (Å²) in [6.07, 6.45) is 8.11. The monoisotopic (exact) mass is 254 g/mol. The highest BCUT2D eigenvalue weighted by Crippen LogP contribution is 2.55. The average Bonchev–Trinajstić information content (AvgIpc) is 3.18. The van der Waals surface area contributed by atoms with Gasteiger partial charge in [-0.25, -0.2) is 9.97 Å². The Morgan fingerprint density at radius 3 is 2.68 bits per heavy atom. The highest BCUT2D eigenvalue weighted by atomic mass is 15.2. The van der Waals surface area contributed by atoms with Crippen LogP contribution in [0, 0.1) is 23.7 Å². The minimum Gasteiger partial charge on any atom is -0.355 e. The first-order chi connectivity index (χ1) is 9.40. The van der Waals surface area contributed by atoms with E-state index in [-0.39, 0.29) is 0 Å². The van der Waals surface area contributed by atoms with E-state index in [0.717, 1.165) is 35.1 Å². The van der Waals surface area contributed by atoms with Crippen LogP contribution in [0.5, 0.6) is 0 Å². The summed E-state index contributed by atoms with van der Waals surface area (Å²) in [6, 6.07) is 2.10. The normalized spacial score (nSPS) is 36.3. The summed E-state index contributed by atoms with van der Waals surface area (Å²) in [5.74, 6) is 5.01. The molecular weight excluding hydrogens is 236 g/mol. The Labute approximate surface area is 112 Å². The van der Waals surface area contributed by atoms with Crippen molar-refractivity contribution in [1.82, 2.24) is 15.0 Å². The lowest BCUT2D eigenvalue weighted by atomic mass is 9.82. The Morgan fingerprint density at radius 1 is 1.11 bits per heavy atom. The molecule has 1 aliphatic heterocycles. The number of nitrogens with one attached hydrogen (secondary N) is 1. The van der Waals surface area contributed by atoms with Crippen LogP contribution >= 0.6 is 0 Å². The van der Waals surface area contributed by atoms with Gasteiger partial charge in [0.25, 0.3) is 0 Å². The van der Waals surface area contributed by atoms with Crippen molar-refractivity contribution in [2.75, 3.05) is 18.0 Å². The third-order valence-corrected chi connectivity index (χ3v) is 5.77. The van der Waals surface area contributed by atoms with Crippen molar-refractivity contribution in [1.29, 1.82) is 0 Å². The van der Waals surface area contributed by atoms with Crippen molar-refractivity contribution in [2.45, 2.75) is 19.3 Å². The lowest BCUT2D eigenvalue weighted by molar-refractivity contribution is 0.281. The van der Waals surface area contributed by atoms with Gasteiger partial charge in [0.2, 0.25) is 0 Å². The highest BCUT2D eigenvalue weighted by Gasteiger charge is 2.51. The smallest absolute Gasteiger partial charge is 0.142 e. The summed E-state index contributed by atoms with van der Waals surface area (Å²) in [6.45, 7) is 2.42. The molecule has 1 saturated heterocycles. The molecular formula is C15H18N4. The maximum Gasteiger partial charge on any atom is 0.142 e. The van der Waals surface area contributed by atoms with Gasteiger partial charge in [-0.1, -0.05) is 0 Å². The van der Waals surface area contributed by atoms with E-state index < -0.39 is 0 Å². The first-order valence-electron chi connectivity index (χ1n) is 7.43. The summed E-state index contributed by atoms with van der Waals surface area (Å²) in [5, 5.41) is 1.18. The van der Waals surface area contributed by atoms with Gasteiger partial charge < -0.3 is 9.88 Å². The molecule has 98 valence electrons. The van der Waals surface area contributed by atoms with E-state index in [0.29, 0.717) is 0 Å². The van der Waals surface area contributed by atoms with E-state index in [1.807, 2.05) is 6.20 Å². The molecule has 5 rings (SSSR count). The number of anilines is 1. The van der Waals surface area contributed by atoms with Gasteiger partial charge in [0.15, 0.2) is 0 Å². The fraction of sp³-hybridized carbons (Fsp3) is 0.600. The van der Waals surface area contributed by atoms with Gasteiger partial charge in [0, 0.05) is 19.3 Å². The topological polar surface area (TPSA) is 44.8 Å². The number of rotatable bonds is 1. The zero-order valence-corrected chi connectivity index (χ0v) is 10.9. The lowest BCUT2D eigenvalue weighted by Crippen LogP contribution is -2.23. The van der Waals surface area contributed by atoms with Gasteiger partial charge in [0.1, 0.15) is 17.8 Å². The Morgan fingerprint density at radius 2 is 1.89 bits per heavy atom. The van der Waals surface area contributed by atoms with Gasteiger partial charge >= 0.3 is 0 Å². The molecule has 2 saturated carbocycles. The van der Waals surface area contributed by atoms with Gasteiger partial charge in [0.05, 0.1) is 5.39 Å². The molecule has 2 aromatic heterocycles. The molecule has 3 heterocycles. The third kappa shape index (κ3) is 1.29. The molecule has 0 amide bonds. The summed E-state index contributed by atoms with van der Waals surface area (Å²) in [4.78, 5) is 14.5. The number of nitrogens with zero attached hydrogens (tertiary/aromatic N) is 3. The van der Waals surface area contributed by atoms with Crippen molar-refractivity contribution in [2.24, 2.45) is 23.7 Å². The molecule has 4 heteroatoms. The summed E-state index contributed by atoms with van der Waals surface area (Å²) in [7, 11) is 0. The van der Waals surface area contributed by atoms with Gasteiger partial charge in [-0.2, -0.15) is 0 Å². The average molecular weight is 254 g/mol. The quantitative estimate of drug-likeness (QED) is 0.850. The number of H-pyrrole nitrogens is 1. The molecule has 0 aromatic carbocycles. The van der Waals surface area contributed by atoms with Crippen LogP contribution in [0.2, 0.25) is 0 Å². The van der Waals surface area contributed by atoms with Crippen LogP contribution in [0.25, 0.3) is 11.0 Å². The van der Waals surface area contributed by atoms with E-state index >= 15 is 0 Å². The van der Waals surface area contributed by atoms with Crippen molar-refractivity contribution in [3.63, 3.8) is 0 Å². The molecule has 0 radical (unpaired) electrons. The molecule has 3 aliphatic rings. The SMILES string of the molecule is c1nc(N2CC3C4CCC(C4)C3C2)c2cc[nH]c2n1. The predicted molar refractivity (Wildman–Crippen MR) is 73.9 cm³/mol. The Kier molecular flexibility index (Phi) is 1.88. The van der Waals surface area contributed by atoms with Crippen molar-refractivity contribution < 1.29 is 0 Å². The van der Waals surface area contributed by atoms with E-state index in [1.54, 1.807) is 6.33 Å². The van der Waals surface area contributed by atoms with E-state index in [4.69, 9.17) is 0 Å². The number of aromatic amines is 1. The second-order valence-corrected chi connectivity index (χ2v) is 6.50. The fourth-order valence-corrected chi connectivity index (χ4v) is 4.97. The highest BCUT2D eigenvalue weighted by molar-refractivity contribution is 5.87. The van der Waals surface area contributed by atoms with Gasteiger partial charge in [-0.15, -0.1) is 0 Å². The molecule has 19 heavy (non-hydrogen) atoms. The van der Waals surface area contributed by atoms with Gasteiger partial charge in [-0.05, 0) is 49.0 Å². The first kappa shape index (κ1) is 10.2. The lowest BCUT2D eigenvalue weighted by Gasteiger charge is -2.22. The molecule has 2 aromatic rings. The van der Waals surface area contributed by atoms with Crippen LogP contribution in [0.3, 0.4) is 0 Å². The van der Waals surface area contributed by atoms with Crippen molar-refractivity contribution in [3.8, 4) is 0 Å². The molecule has 4 unspecified atom stereocenters. The number of aromatic nitrogens is 3. The van der Waals surface area contributed by atoms with Crippen LogP contribution in [0.1, 0.15) is 19.3 Å². The maximum absolute atomic E-state index is 4.55. The second kappa shape index (κ2) is 3.50. The summed E-state index contributed by atoms with van der Waals surface area (Å²) >= 11 is 0. The standard InChI is InChI=1S/C15H18N4/c1-2-10-5-9(1)12-6-19(7-13(10)12)15-11-3-4-16-14(11)17-8-18-15/h3-4,8-10,12-13H,1-2,5-7H2,(H,16,17,18). The Hall–Kier alpha value is -1.58. The second-order valence-electron chi connectivity index (χ2n) is 6.50. The van der Waals surface area contributed by atoms with Crippen LogP contribution in [0.4, 0.5) is 5.82 Å². The number of fused-ring (bicyclic) bond motifs is 6. The van der Waals surface area contributed by atoms with Crippen LogP contribution in [-0.4, -0.2) is 28.0 Å². The number of hydrogen-bond acceptors (Lipinski definition) is 3. The van der Waals surface area contributed by atoms with Crippen molar-refractivity contribution >= 4 is 16.9 Å². The molecule has 1 N–H and O–H groups in total. The predicted octanol–water partition coefficient (Wildman–Crippen LogP) is 2.44. The molecule has 2 bridgehead atoms. The molecule has 4 nitrogen and oxygen atoms in total. The zero-order valence-electron chi connectivity index (χ0n) is 10.9. The summed E-state index contributed by atoms with van der Waals surface area (Å²) < 4.78 is 0. The van der Waals surface area contributed by atoms with Gasteiger partial charge in [-0.3, -0.25) is 0 Å². The fourth-order valence-electron chi connectivity index (χ4n) is 4.97. The van der Waals surface area contributed by atoms with E-state index in [2.05, 4.69) is 25.9 Å². The minimum absolute atomic E-state index is 0.933. The molecule has 0 spiro atoms. The van der Waals surface area contributed by atoms with Crippen LogP contribution < -0.4 is 4.90 Å². The number of hydrogen-bond donors (Lipinski definition) is 1. The molecule has 4 atom stereocenters. The maximum atomic E-state index is 4.55. The Balaban J connectivity index is 1.53. The van der Waals surface area contributed by atoms with Crippen LogP contribution in [0.15, 0.2) is 18.6 Å². The largest absolute Gasteiger partial charge is 0.355 e. The first-order valence-corrected chi connectivity index (χ1v) is 7.43. The van der Waals surface area contributed by atoms with Crippen molar-refractivity contribution in [3.05, 3.63) is 18.6 Å². The zero-order chi connectivity index (χ0) is 12.4. The van der Waals surface area contributed by atoms with Crippen LogP contribution in [-0.2, 0) is 0 Å².